The first kappa shape index (κ1) is 18.8. The Bertz CT molecular complexity index is 661. The molecule has 0 aromatic carbocycles. The third-order valence-corrected chi connectivity index (χ3v) is 7.08. The van der Waals surface area contributed by atoms with Gasteiger partial charge in [-0.25, -0.2) is 0 Å². The van der Waals surface area contributed by atoms with Crippen LogP contribution in [-0.4, -0.2) is 13.2 Å². The van der Waals surface area contributed by atoms with Crippen molar-refractivity contribution >= 4 is 32.1 Å². The molecule has 0 N–H and O–H groups in total. The Hall–Kier alpha value is -0.930. The monoisotopic (exact) mass is 377 g/mol. The quantitative estimate of drug-likeness (QED) is 0.460. The zero-order valence-electron chi connectivity index (χ0n) is 15.0. The number of ether oxygens (including phenoxy) is 2. The van der Waals surface area contributed by atoms with E-state index in [1.165, 1.54) is 55.4 Å². The van der Waals surface area contributed by atoms with Crippen LogP contribution in [0, 0.1) is 17.2 Å². The lowest BCUT2D eigenvalue weighted by Gasteiger charge is -2.28. The zero-order chi connectivity index (χ0) is 17.5. The van der Waals surface area contributed by atoms with Crippen molar-refractivity contribution in [2.24, 2.45) is 5.92 Å². The second-order valence-corrected chi connectivity index (χ2v) is 9.28. The van der Waals surface area contributed by atoms with Gasteiger partial charge in [-0.05, 0) is 18.6 Å². The predicted molar refractivity (Wildman–Crippen MR) is 105 cm³/mol. The van der Waals surface area contributed by atoms with Crippen molar-refractivity contribution in [3.05, 3.63) is 21.9 Å². The molecule has 1 aliphatic rings. The Morgan fingerprint density at radius 1 is 1.04 bits per heavy atom. The Morgan fingerprint density at radius 2 is 1.76 bits per heavy atom. The number of unbranched alkanes of at least 4 members (excludes halogenated alkanes) is 6. The van der Waals surface area contributed by atoms with Crippen molar-refractivity contribution in [3.8, 4) is 6.07 Å². The van der Waals surface area contributed by atoms with Gasteiger partial charge in [0.25, 0.3) is 0 Å². The molecule has 3 heterocycles. The van der Waals surface area contributed by atoms with Crippen molar-refractivity contribution in [2.45, 2.75) is 64.6 Å². The van der Waals surface area contributed by atoms with Crippen LogP contribution in [0.15, 0.2) is 12.1 Å². The number of hydrogen-bond acceptors (Lipinski definition) is 5. The Kier molecular flexibility index (Phi) is 7.30. The van der Waals surface area contributed by atoms with Gasteiger partial charge in [-0.15, -0.1) is 22.7 Å². The summed E-state index contributed by atoms with van der Waals surface area (Å²) in [5.74, 6) is 0.540. The van der Waals surface area contributed by atoms with Crippen LogP contribution in [-0.2, 0) is 9.47 Å². The summed E-state index contributed by atoms with van der Waals surface area (Å²) in [6.07, 6.45) is 10.5. The van der Waals surface area contributed by atoms with Gasteiger partial charge in [-0.3, -0.25) is 0 Å². The minimum absolute atomic E-state index is 0.222. The third-order valence-electron chi connectivity index (χ3n) is 4.76. The molecule has 0 saturated carbocycles. The molecular formula is C20H27NO2S2. The summed E-state index contributed by atoms with van der Waals surface area (Å²) in [6.45, 7) is 3.87. The molecule has 0 atom stereocenters. The van der Waals surface area contributed by atoms with Crippen molar-refractivity contribution in [2.75, 3.05) is 13.2 Å². The van der Waals surface area contributed by atoms with Gasteiger partial charge in [0.1, 0.15) is 10.9 Å². The van der Waals surface area contributed by atoms with Gasteiger partial charge in [0, 0.05) is 11.3 Å². The number of hydrogen-bond donors (Lipinski definition) is 0. The van der Waals surface area contributed by atoms with Crippen LogP contribution in [0.25, 0.3) is 9.40 Å². The molecule has 1 fully saturated rings. The summed E-state index contributed by atoms with van der Waals surface area (Å²) in [5.41, 5.74) is 0. The minimum Gasteiger partial charge on any atom is -0.347 e. The average molecular weight is 378 g/mol. The van der Waals surface area contributed by atoms with E-state index in [0.29, 0.717) is 5.92 Å². The summed E-state index contributed by atoms with van der Waals surface area (Å²) in [7, 11) is 0. The number of nitrogens with zero attached hydrogens (tertiary/aromatic N) is 1. The smallest absolute Gasteiger partial charge is 0.193 e. The van der Waals surface area contributed by atoms with Crippen molar-refractivity contribution in [1.29, 1.82) is 5.26 Å². The largest absolute Gasteiger partial charge is 0.347 e. The molecule has 0 unspecified atom stereocenters. The van der Waals surface area contributed by atoms with Gasteiger partial charge in [-0.1, -0.05) is 51.9 Å². The third kappa shape index (κ3) is 5.27. The van der Waals surface area contributed by atoms with Crippen molar-refractivity contribution < 1.29 is 9.47 Å². The minimum atomic E-state index is -0.222. The maximum atomic E-state index is 8.96. The van der Waals surface area contributed by atoms with Gasteiger partial charge in [0.2, 0.25) is 0 Å². The lowest BCUT2D eigenvalue weighted by atomic mass is 10.0. The molecule has 0 amide bonds. The number of nitriles is 1. The Balaban J connectivity index is 1.36. The molecule has 0 aliphatic carbocycles. The fourth-order valence-corrected chi connectivity index (χ4v) is 5.55. The molecule has 2 aromatic heterocycles. The molecule has 25 heavy (non-hydrogen) atoms. The zero-order valence-corrected chi connectivity index (χ0v) is 16.6. The summed E-state index contributed by atoms with van der Waals surface area (Å²) in [4.78, 5) is 1.90. The van der Waals surface area contributed by atoms with Gasteiger partial charge >= 0.3 is 0 Å². The van der Waals surface area contributed by atoms with E-state index in [-0.39, 0.29) is 6.29 Å². The number of fused-ring (bicyclic) bond motifs is 1. The number of thiophene rings is 2. The predicted octanol–water partition coefficient (Wildman–Crippen LogP) is 6.64. The highest BCUT2D eigenvalue weighted by molar-refractivity contribution is 7.38. The normalized spacial score (nSPS) is 20.8. The maximum absolute atomic E-state index is 8.96. The van der Waals surface area contributed by atoms with E-state index in [0.717, 1.165) is 28.4 Å². The number of rotatable bonds is 9. The maximum Gasteiger partial charge on any atom is 0.193 e. The molecule has 0 spiro atoms. The highest BCUT2D eigenvalue weighted by Crippen LogP contribution is 2.38. The van der Waals surface area contributed by atoms with Gasteiger partial charge < -0.3 is 9.47 Å². The fraction of sp³-hybridized carbons (Fsp3) is 0.650. The lowest BCUT2D eigenvalue weighted by Crippen LogP contribution is -2.26. The molecule has 3 rings (SSSR count). The van der Waals surface area contributed by atoms with Crippen LogP contribution in [0.1, 0.15) is 74.3 Å². The molecular weight excluding hydrogens is 350 g/mol. The van der Waals surface area contributed by atoms with E-state index >= 15 is 0 Å². The molecule has 136 valence electrons. The highest BCUT2D eigenvalue weighted by atomic mass is 32.2. The summed E-state index contributed by atoms with van der Waals surface area (Å²) in [5, 5.41) is 10.1. The molecule has 2 aromatic rings. The van der Waals surface area contributed by atoms with E-state index in [9.17, 15) is 0 Å². The highest BCUT2D eigenvalue weighted by Gasteiger charge is 2.25. The van der Waals surface area contributed by atoms with E-state index in [1.807, 2.05) is 6.07 Å². The van der Waals surface area contributed by atoms with E-state index in [1.54, 1.807) is 22.7 Å². The van der Waals surface area contributed by atoms with Crippen molar-refractivity contribution in [3.63, 3.8) is 0 Å². The first-order chi connectivity index (χ1) is 12.3. The summed E-state index contributed by atoms with van der Waals surface area (Å²) >= 11 is 3.24. The topological polar surface area (TPSA) is 42.2 Å². The first-order valence-corrected chi connectivity index (χ1v) is 11.1. The Labute approximate surface area is 158 Å². The van der Waals surface area contributed by atoms with E-state index in [4.69, 9.17) is 14.7 Å². The fourth-order valence-electron chi connectivity index (χ4n) is 3.29. The van der Waals surface area contributed by atoms with Crippen LogP contribution < -0.4 is 0 Å². The van der Waals surface area contributed by atoms with E-state index < -0.39 is 0 Å². The molecule has 3 nitrogen and oxygen atoms in total. The molecule has 1 aliphatic heterocycles. The lowest BCUT2D eigenvalue weighted by molar-refractivity contribution is -0.204. The van der Waals surface area contributed by atoms with Crippen LogP contribution in [0.2, 0.25) is 0 Å². The van der Waals surface area contributed by atoms with Crippen LogP contribution in [0.4, 0.5) is 0 Å². The van der Waals surface area contributed by atoms with Crippen LogP contribution in [0.5, 0.6) is 0 Å². The summed E-state index contributed by atoms with van der Waals surface area (Å²) in [6, 6.07) is 6.27. The molecule has 0 radical (unpaired) electrons. The standard InChI is InChI=1S/C20H27NO2S2/c1-2-3-4-5-6-7-8-9-15-13-22-19(23-14-15)18-11-16-10-17(12-21)24-20(16)25-18/h10-11,15,19H,2-9,13-14H2,1H3. The average Bonchev–Trinajstić information content (AvgIpc) is 3.20. The molecule has 1 saturated heterocycles. The SMILES string of the molecule is CCCCCCCCCC1COC(c2cc3cc(C#N)sc3s2)OC1. The van der Waals surface area contributed by atoms with Crippen LogP contribution >= 0.6 is 22.7 Å². The summed E-state index contributed by atoms with van der Waals surface area (Å²) < 4.78 is 13.1. The molecule has 0 bridgehead atoms. The van der Waals surface area contributed by atoms with Gasteiger partial charge in [0.05, 0.1) is 22.1 Å². The van der Waals surface area contributed by atoms with Crippen LogP contribution in [0.3, 0.4) is 0 Å². The first-order valence-electron chi connectivity index (χ1n) is 9.46. The van der Waals surface area contributed by atoms with E-state index in [2.05, 4.69) is 19.1 Å². The van der Waals surface area contributed by atoms with Crippen molar-refractivity contribution in [1.82, 2.24) is 0 Å². The Morgan fingerprint density at radius 3 is 2.44 bits per heavy atom. The second kappa shape index (κ2) is 9.68. The molecule has 5 heteroatoms. The second-order valence-electron chi connectivity index (χ2n) is 6.89. The van der Waals surface area contributed by atoms with Gasteiger partial charge in [-0.2, -0.15) is 5.26 Å². The van der Waals surface area contributed by atoms with Gasteiger partial charge in [0.15, 0.2) is 6.29 Å².